The van der Waals surface area contributed by atoms with Crippen LogP contribution in [0.25, 0.3) is 5.65 Å². The molecule has 0 spiro atoms. The number of methoxy groups -OCH3 is 1. The Morgan fingerprint density at radius 3 is 2.95 bits per heavy atom. The summed E-state index contributed by atoms with van der Waals surface area (Å²) in [6.45, 7) is 6.87. The summed E-state index contributed by atoms with van der Waals surface area (Å²) in [6.07, 6.45) is 2.19. The van der Waals surface area contributed by atoms with Crippen LogP contribution in [0.3, 0.4) is 0 Å². The van der Waals surface area contributed by atoms with E-state index in [4.69, 9.17) is 4.74 Å². The van der Waals surface area contributed by atoms with Crippen molar-refractivity contribution in [2.45, 2.75) is 32.7 Å². The van der Waals surface area contributed by atoms with Crippen molar-refractivity contribution in [3.63, 3.8) is 0 Å². The molecular formula is C15H22N4O. The van der Waals surface area contributed by atoms with E-state index in [1.165, 1.54) is 13.0 Å². The van der Waals surface area contributed by atoms with Gasteiger partial charge >= 0.3 is 0 Å². The van der Waals surface area contributed by atoms with Crippen LogP contribution in [0.4, 0.5) is 0 Å². The van der Waals surface area contributed by atoms with E-state index in [0.29, 0.717) is 12.0 Å². The summed E-state index contributed by atoms with van der Waals surface area (Å²) in [4.78, 5) is 7.14. The lowest BCUT2D eigenvalue weighted by Gasteiger charge is -2.19. The van der Waals surface area contributed by atoms with Crippen LogP contribution in [0, 0.1) is 5.92 Å². The molecule has 0 amide bonds. The van der Waals surface area contributed by atoms with Gasteiger partial charge in [0.15, 0.2) is 11.5 Å². The van der Waals surface area contributed by atoms with Crippen LogP contribution in [-0.2, 0) is 6.42 Å². The molecule has 1 unspecified atom stereocenters. The topological polar surface area (TPSA) is 42.7 Å². The maximum absolute atomic E-state index is 5.31. The molecule has 108 valence electrons. The van der Waals surface area contributed by atoms with E-state index in [0.717, 1.165) is 30.3 Å². The van der Waals surface area contributed by atoms with Crippen molar-refractivity contribution < 1.29 is 4.74 Å². The van der Waals surface area contributed by atoms with Gasteiger partial charge in [-0.25, -0.2) is 4.98 Å². The van der Waals surface area contributed by atoms with Crippen molar-refractivity contribution in [2.75, 3.05) is 20.2 Å². The Morgan fingerprint density at radius 1 is 1.40 bits per heavy atom. The minimum absolute atomic E-state index is 0.633. The number of hydrogen-bond acceptors (Lipinski definition) is 4. The lowest BCUT2D eigenvalue weighted by atomic mass is 10.1. The molecule has 2 aromatic heterocycles. The smallest absolute Gasteiger partial charge is 0.216 e. The third kappa shape index (κ3) is 2.50. The van der Waals surface area contributed by atoms with Gasteiger partial charge in [-0.05, 0) is 38.8 Å². The molecule has 1 atom stereocenters. The van der Waals surface area contributed by atoms with Crippen molar-refractivity contribution in [1.29, 1.82) is 0 Å². The average Bonchev–Trinajstić information content (AvgIpc) is 3.04. The van der Waals surface area contributed by atoms with Crippen LogP contribution >= 0.6 is 0 Å². The number of ether oxygens (including phenoxy) is 1. The van der Waals surface area contributed by atoms with Gasteiger partial charge in [0.25, 0.3) is 0 Å². The number of likely N-dealkylation sites (tertiary alicyclic amines) is 1. The zero-order valence-electron chi connectivity index (χ0n) is 12.4. The number of pyridine rings is 1. The van der Waals surface area contributed by atoms with Gasteiger partial charge in [0.2, 0.25) is 5.88 Å². The second kappa shape index (κ2) is 5.40. The quantitative estimate of drug-likeness (QED) is 0.855. The summed E-state index contributed by atoms with van der Waals surface area (Å²) in [6, 6.07) is 6.45. The monoisotopic (exact) mass is 274 g/mol. The number of hydrogen-bond donors (Lipinski definition) is 0. The van der Waals surface area contributed by atoms with Crippen molar-refractivity contribution >= 4 is 5.65 Å². The first kappa shape index (κ1) is 13.4. The fraction of sp³-hybridized carbons (Fsp3) is 0.600. The van der Waals surface area contributed by atoms with Gasteiger partial charge < -0.3 is 9.64 Å². The molecule has 0 radical (unpaired) electrons. The van der Waals surface area contributed by atoms with Crippen molar-refractivity contribution in [1.82, 2.24) is 19.5 Å². The minimum atomic E-state index is 0.633. The van der Waals surface area contributed by atoms with Crippen LogP contribution in [0.1, 0.15) is 26.1 Å². The Balaban J connectivity index is 1.75. The van der Waals surface area contributed by atoms with Crippen molar-refractivity contribution in [3.8, 4) is 5.88 Å². The molecule has 2 aromatic rings. The maximum Gasteiger partial charge on any atom is 0.216 e. The van der Waals surface area contributed by atoms with E-state index >= 15 is 0 Å². The third-order valence-corrected chi connectivity index (χ3v) is 4.10. The van der Waals surface area contributed by atoms with Gasteiger partial charge in [0, 0.05) is 25.1 Å². The highest BCUT2D eigenvalue weighted by molar-refractivity contribution is 5.40. The van der Waals surface area contributed by atoms with E-state index in [1.807, 2.05) is 18.2 Å². The molecule has 0 N–H and O–H groups in total. The van der Waals surface area contributed by atoms with Gasteiger partial charge in [-0.3, -0.25) is 0 Å². The molecule has 0 aliphatic carbocycles. The van der Waals surface area contributed by atoms with Crippen molar-refractivity contribution in [2.24, 2.45) is 5.92 Å². The highest BCUT2D eigenvalue weighted by Gasteiger charge is 2.25. The highest BCUT2D eigenvalue weighted by Crippen LogP contribution is 2.22. The number of nitrogens with zero attached hydrogens (tertiary/aromatic N) is 4. The van der Waals surface area contributed by atoms with Gasteiger partial charge in [-0.15, -0.1) is 5.10 Å². The molecule has 0 aromatic carbocycles. The molecule has 5 heteroatoms. The fourth-order valence-corrected chi connectivity index (χ4v) is 2.92. The maximum atomic E-state index is 5.31. The van der Waals surface area contributed by atoms with Crippen LogP contribution < -0.4 is 4.74 Å². The molecule has 0 saturated carbocycles. The Morgan fingerprint density at radius 2 is 2.25 bits per heavy atom. The predicted molar refractivity (Wildman–Crippen MR) is 78.1 cm³/mol. The highest BCUT2D eigenvalue weighted by atomic mass is 16.5. The van der Waals surface area contributed by atoms with Crippen LogP contribution in [-0.4, -0.2) is 45.7 Å². The molecule has 0 bridgehead atoms. The van der Waals surface area contributed by atoms with Gasteiger partial charge in [-0.2, -0.15) is 4.52 Å². The second-order valence-corrected chi connectivity index (χ2v) is 5.81. The summed E-state index contributed by atoms with van der Waals surface area (Å²) in [5.41, 5.74) is 0.859. The molecule has 5 nitrogen and oxygen atoms in total. The van der Waals surface area contributed by atoms with Crippen LogP contribution in [0.5, 0.6) is 5.88 Å². The van der Waals surface area contributed by atoms with E-state index in [9.17, 15) is 0 Å². The normalized spacial score (nSPS) is 20.1. The third-order valence-electron chi connectivity index (χ3n) is 4.10. The van der Waals surface area contributed by atoms with E-state index < -0.39 is 0 Å². The Bertz CT molecular complexity index is 593. The van der Waals surface area contributed by atoms with E-state index in [-0.39, 0.29) is 0 Å². The SMILES string of the molecule is COc1cccc2nc(CC3CCN(C(C)C)C3)nn12. The molecule has 20 heavy (non-hydrogen) atoms. The molecule has 1 fully saturated rings. The first-order chi connectivity index (χ1) is 9.67. The fourth-order valence-electron chi connectivity index (χ4n) is 2.92. The van der Waals surface area contributed by atoms with Gasteiger partial charge in [0.1, 0.15) is 0 Å². The van der Waals surface area contributed by atoms with Gasteiger partial charge in [-0.1, -0.05) is 6.07 Å². The second-order valence-electron chi connectivity index (χ2n) is 5.81. The van der Waals surface area contributed by atoms with Crippen LogP contribution in [0.2, 0.25) is 0 Å². The molecule has 3 rings (SSSR count). The number of fused-ring (bicyclic) bond motifs is 1. The van der Waals surface area contributed by atoms with Gasteiger partial charge in [0.05, 0.1) is 7.11 Å². The summed E-state index contributed by atoms with van der Waals surface area (Å²) in [7, 11) is 1.66. The van der Waals surface area contributed by atoms with Crippen LogP contribution in [0.15, 0.2) is 18.2 Å². The first-order valence-electron chi connectivity index (χ1n) is 7.30. The summed E-state index contributed by atoms with van der Waals surface area (Å²) in [5, 5.41) is 4.58. The Hall–Kier alpha value is -1.62. The Labute approximate surface area is 119 Å². The zero-order valence-corrected chi connectivity index (χ0v) is 12.4. The lowest BCUT2D eigenvalue weighted by Crippen LogP contribution is -2.28. The Kier molecular flexibility index (Phi) is 3.61. The van der Waals surface area contributed by atoms with E-state index in [1.54, 1.807) is 11.6 Å². The number of aromatic nitrogens is 3. The van der Waals surface area contributed by atoms with E-state index in [2.05, 4.69) is 28.8 Å². The first-order valence-corrected chi connectivity index (χ1v) is 7.30. The largest absolute Gasteiger partial charge is 0.481 e. The lowest BCUT2D eigenvalue weighted by molar-refractivity contribution is 0.264. The average molecular weight is 274 g/mol. The predicted octanol–water partition coefficient (Wildman–Crippen LogP) is 2.01. The standard InChI is InChI=1S/C15H22N4O/c1-11(2)18-8-7-12(10-18)9-13-16-14-5-4-6-15(20-3)19(14)17-13/h4-6,11-12H,7-10H2,1-3H3. The number of rotatable bonds is 4. The summed E-state index contributed by atoms with van der Waals surface area (Å²) < 4.78 is 7.09. The molecule has 3 heterocycles. The van der Waals surface area contributed by atoms with Crippen molar-refractivity contribution in [3.05, 3.63) is 24.0 Å². The molecule has 1 aliphatic heterocycles. The molecule has 1 saturated heterocycles. The summed E-state index contributed by atoms with van der Waals surface area (Å²) >= 11 is 0. The minimum Gasteiger partial charge on any atom is -0.481 e. The molecular weight excluding hydrogens is 252 g/mol. The molecule has 1 aliphatic rings. The summed E-state index contributed by atoms with van der Waals surface area (Å²) in [5.74, 6) is 2.32. The zero-order chi connectivity index (χ0) is 14.1.